The van der Waals surface area contributed by atoms with E-state index in [2.05, 4.69) is 46.1 Å². The van der Waals surface area contributed by atoms with Crippen molar-refractivity contribution < 1.29 is 4.79 Å². The van der Waals surface area contributed by atoms with E-state index in [0.29, 0.717) is 5.75 Å². The molecule has 1 N–H and O–H groups in total. The number of hydrogen-bond donors (Lipinski definition) is 1. The molecule has 0 aliphatic rings. The van der Waals surface area contributed by atoms with Crippen LogP contribution in [0.4, 0.5) is 5.69 Å². The highest BCUT2D eigenvalue weighted by Crippen LogP contribution is 2.18. The smallest absolute Gasteiger partial charge is 0.234 e. The number of aryl methyl sites for hydroxylation is 1. The van der Waals surface area contributed by atoms with Crippen LogP contribution in [-0.2, 0) is 17.8 Å². The molecule has 3 rings (SSSR count). The normalized spacial score (nSPS) is 10.7. The predicted molar refractivity (Wildman–Crippen MR) is 112 cm³/mol. The second-order valence-electron chi connectivity index (χ2n) is 6.46. The predicted octanol–water partition coefficient (Wildman–Crippen LogP) is 5.00. The Morgan fingerprint density at radius 1 is 1.07 bits per heavy atom. The fraction of sp³-hybridized carbons (Fsp3) is 0.273. The van der Waals surface area contributed by atoms with E-state index < -0.39 is 0 Å². The summed E-state index contributed by atoms with van der Waals surface area (Å²) in [4.78, 5) is 16.6. The van der Waals surface area contributed by atoms with Crippen molar-refractivity contribution in [1.29, 1.82) is 0 Å². The van der Waals surface area contributed by atoms with Crippen LogP contribution in [0.5, 0.6) is 0 Å². The van der Waals surface area contributed by atoms with Gasteiger partial charge in [0.25, 0.3) is 0 Å². The molecule has 140 valence electrons. The number of amides is 1. The highest BCUT2D eigenvalue weighted by atomic mass is 32.2. The molecule has 0 bridgehead atoms. The second kappa shape index (κ2) is 9.97. The standard InChI is InChI=1S/C22H25N3OS/c1-2-3-7-18-10-12-20(13-11-18)24-21(26)17-27-22-23-14-15-25(22)16-19-8-5-4-6-9-19/h4-6,8-15H,2-3,7,16-17H2,1H3,(H,24,26). The summed E-state index contributed by atoms with van der Waals surface area (Å²) in [6, 6.07) is 18.4. The molecule has 27 heavy (non-hydrogen) atoms. The number of thioether (sulfide) groups is 1. The van der Waals surface area contributed by atoms with E-state index in [0.717, 1.165) is 23.8 Å². The van der Waals surface area contributed by atoms with E-state index in [4.69, 9.17) is 0 Å². The molecule has 3 aromatic rings. The quantitative estimate of drug-likeness (QED) is 0.532. The van der Waals surface area contributed by atoms with E-state index in [9.17, 15) is 4.79 Å². The van der Waals surface area contributed by atoms with E-state index in [1.807, 2.05) is 36.5 Å². The molecule has 5 heteroatoms. The van der Waals surface area contributed by atoms with Crippen molar-refractivity contribution in [3.05, 3.63) is 78.1 Å². The Bertz CT molecular complexity index is 844. The van der Waals surface area contributed by atoms with E-state index in [1.165, 1.54) is 35.7 Å². The second-order valence-corrected chi connectivity index (χ2v) is 7.40. The summed E-state index contributed by atoms with van der Waals surface area (Å²) >= 11 is 1.45. The average Bonchev–Trinajstić information content (AvgIpc) is 3.13. The maximum Gasteiger partial charge on any atom is 0.234 e. The molecule has 0 radical (unpaired) electrons. The lowest BCUT2D eigenvalue weighted by Crippen LogP contribution is -2.14. The van der Waals surface area contributed by atoms with Gasteiger partial charge in [0, 0.05) is 24.6 Å². The van der Waals surface area contributed by atoms with Gasteiger partial charge in [-0.1, -0.05) is 67.6 Å². The molecule has 0 saturated carbocycles. The SMILES string of the molecule is CCCCc1ccc(NC(=O)CSc2nccn2Cc2ccccc2)cc1. The van der Waals surface area contributed by atoms with Gasteiger partial charge in [0.1, 0.15) is 0 Å². The fourth-order valence-electron chi connectivity index (χ4n) is 2.80. The van der Waals surface area contributed by atoms with Crippen LogP contribution in [0.1, 0.15) is 30.9 Å². The van der Waals surface area contributed by atoms with E-state index in [1.54, 1.807) is 6.20 Å². The fourth-order valence-corrected chi connectivity index (χ4v) is 3.56. The zero-order valence-corrected chi connectivity index (χ0v) is 16.4. The number of hydrogen-bond acceptors (Lipinski definition) is 3. The summed E-state index contributed by atoms with van der Waals surface area (Å²) in [5, 5.41) is 3.81. The Kier molecular flexibility index (Phi) is 7.11. The van der Waals surface area contributed by atoms with Gasteiger partial charge < -0.3 is 9.88 Å². The first-order valence-corrected chi connectivity index (χ1v) is 10.3. The zero-order valence-electron chi connectivity index (χ0n) is 15.6. The molecule has 0 saturated heterocycles. The van der Waals surface area contributed by atoms with Crippen LogP contribution >= 0.6 is 11.8 Å². The maximum absolute atomic E-state index is 12.3. The lowest BCUT2D eigenvalue weighted by Gasteiger charge is -2.09. The zero-order chi connectivity index (χ0) is 18.9. The highest BCUT2D eigenvalue weighted by Gasteiger charge is 2.09. The molecular formula is C22H25N3OS. The summed E-state index contributed by atoms with van der Waals surface area (Å²) in [6.45, 7) is 2.95. The minimum absolute atomic E-state index is 0.0180. The van der Waals surface area contributed by atoms with Crippen molar-refractivity contribution in [1.82, 2.24) is 9.55 Å². The summed E-state index contributed by atoms with van der Waals surface area (Å²) in [5.74, 6) is 0.319. The number of nitrogens with one attached hydrogen (secondary N) is 1. The number of benzene rings is 2. The number of anilines is 1. The summed E-state index contributed by atoms with van der Waals surface area (Å²) in [7, 11) is 0. The molecule has 1 heterocycles. The van der Waals surface area contributed by atoms with Crippen molar-refractivity contribution in [3.8, 4) is 0 Å². The molecule has 4 nitrogen and oxygen atoms in total. The number of carbonyl (C=O) groups is 1. The first kappa shape index (κ1) is 19.2. The Balaban J connectivity index is 1.50. The lowest BCUT2D eigenvalue weighted by molar-refractivity contribution is -0.113. The monoisotopic (exact) mass is 379 g/mol. The van der Waals surface area contributed by atoms with Crippen molar-refractivity contribution >= 4 is 23.4 Å². The van der Waals surface area contributed by atoms with Crippen LogP contribution in [0, 0.1) is 0 Å². The van der Waals surface area contributed by atoms with E-state index in [-0.39, 0.29) is 5.91 Å². The number of nitrogens with zero attached hydrogens (tertiary/aromatic N) is 2. The van der Waals surface area contributed by atoms with Gasteiger partial charge in [-0.15, -0.1) is 0 Å². The van der Waals surface area contributed by atoms with Crippen molar-refractivity contribution in [2.24, 2.45) is 0 Å². The Morgan fingerprint density at radius 3 is 2.59 bits per heavy atom. The molecule has 0 unspecified atom stereocenters. The largest absolute Gasteiger partial charge is 0.325 e. The van der Waals surface area contributed by atoms with Crippen molar-refractivity contribution in [2.75, 3.05) is 11.1 Å². The summed E-state index contributed by atoms with van der Waals surface area (Å²) in [6.07, 6.45) is 7.19. The maximum atomic E-state index is 12.3. The number of aromatic nitrogens is 2. The number of imidazole rings is 1. The van der Waals surface area contributed by atoms with Gasteiger partial charge in [-0.3, -0.25) is 4.79 Å². The molecular weight excluding hydrogens is 354 g/mol. The number of unbranched alkanes of at least 4 members (excludes halogenated alkanes) is 1. The molecule has 0 aliphatic heterocycles. The minimum Gasteiger partial charge on any atom is -0.325 e. The Labute approximate surface area is 165 Å². The topological polar surface area (TPSA) is 46.9 Å². The summed E-state index contributed by atoms with van der Waals surface area (Å²) < 4.78 is 2.07. The molecule has 1 amide bonds. The molecule has 1 aromatic heterocycles. The lowest BCUT2D eigenvalue weighted by atomic mass is 10.1. The Hall–Kier alpha value is -2.53. The van der Waals surface area contributed by atoms with Gasteiger partial charge >= 0.3 is 0 Å². The van der Waals surface area contributed by atoms with Crippen LogP contribution in [0.25, 0.3) is 0 Å². The Morgan fingerprint density at radius 2 is 1.85 bits per heavy atom. The van der Waals surface area contributed by atoms with Crippen LogP contribution < -0.4 is 5.32 Å². The third kappa shape index (κ3) is 6.00. The third-order valence-electron chi connectivity index (χ3n) is 4.26. The van der Waals surface area contributed by atoms with Gasteiger partial charge in [-0.25, -0.2) is 4.98 Å². The van der Waals surface area contributed by atoms with E-state index >= 15 is 0 Å². The van der Waals surface area contributed by atoms with Crippen LogP contribution in [0.3, 0.4) is 0 Å². The average molecular weight is 380 g/mol. The molecule has 2 aromatic carbocycles. The summed E-state index contributed by atoms with van der Waals surface area (Å²) in [5.41, 5.74) is 3.37. The van der Waals surface area contributed by atoms with Crippen LogP contribution in [0.15, 0.2) is 72.1 Å². The van der Waals surface area contributed by atoms with Gasteiger partial charge in [-0.05, 0) is 36.1 Å². The van der Waals surface area contributed by atoms with Gasteiger partial charge in [-0.2, -0.15) is 0 Å². The van der Waals surface area contributed by atoms with Gasteiger partial charge in [0.2, 0.25) is 5.91 Å². The van der Waals surface area contributed by atoms with Crippen molar-refractivity contribution in [3.63, 3.8) is 0 Å². The molecule has 0 atom stereocenters. The number of carbonyl (C=O) groups excluding carboxylic acids is 1. The van der Waals surface area contributed by atoms with Gasteiger partial charge in [0.05, 0.1) is 5.75 Å². The molecule has 0 spiro atoms. The first-order chi connectivity index (χ1) is 13.2. The number of rotatable bonds is 9. The molecule has 0 aliphatic carbocycles. The third-order valence-corrected chi connectivity index (χ3v) is 5.27. The van der Waals surface area contributed by atoms with Crippen LogP contribution in [0.2, 0.25) is 0 Å². The minimum atomic E-state index is -0.0180. The van der Waals surface area contributed by atoms with Crippen molar-refractivity contribution in [2.45, 2.75) is 37.9 Å². The van der Waals surface area contributed by atoms with Gasteiger partial charge in [0.15, 0.2) is 5.16 Å². The highest BCUT2D eigenvalue weighted by molar-refractivity contribution is 7.99. The first-order valence-electron chi connectivity index (χ1n) is 9.31. The molecule has 0 fully saturated rings. The van der Waals surface area contributed by atoms with Crippen LogP contribution in [-0.4, -0.2) is 21.2 Å².